The standard InChI is InChI=1S/C19H15ClN8O/c1-10(26-19-13(7-21)18(22)24-9-25-19)12-6-16-23-8-15(20)28(16)27-17(12)11-4-2-3-5-14(11)29/h2-6,8-10,29H,1H3,(H3,22,24,25,26)/t10-/m0/s1. The lowest BCUT2D eigenvalue weighted by atomic mass is 10.0. The molecule has 0 radical (unpaired) electrons. The van der Waals surface area contributed by atoms with Crippen molar-refractivity contribution in [2.24, 2.45) is 0 Å². The minimum absolute atomic E-state index is 0.0769. The summed E-state index contributed by atoms with van der Waals surface area (Å²) in [5.74, 6) is 0.469. The summed E-state index contributed by atoms with van der Waals surface area (Å²) in [6.07, 6.45) is 2.78. The number of phenols is 1. The number of nitrogen functional groups attached to an aromatic ring is 1. The van der Waals surface area contributed by atoms with Crippen LogP contribution in [0.15, 0.2) is 42.9 Å². The lowest BCUT2D eigenvalue weighted by Crippen LogP contribution is -2.13. The largest absolute Gasteiger partial charge is 0.507 e. The van der Waals surface area contributed by atoms with Gasteiger partial charge in [-0.15, -0.1) is 0 Å². The zero-order chi connectivity index (χ0) is 20.5. The first-order valence-corrected chi connectivity index (χ1v) is 8.97. The third-order valence-corrected chi connectivity index (χ3v) is 4.71. The Kier molecular flexibility index (Phi) is 4.62. The van der Waals surface area contributed by atoms with Crippen LogP contribution in [0.1, 0.15) is 24.1 Å². The SMILES string of the molecule is C[C@H](Nc1ncnc(N)c1C#N)c1cc2ncc(Cl)n2nc1-c1ccccc1O. The van der Waals surface area contributed by atoms with Crippen molar-refractivity contribution >= 4 is 28.9 Å². The van der Waals surface area contributed by atoms with Crippen LogP contribution in [0, 0.1) is 11.3 Å². The van der Waals surface area contributed by atoms with Crippen molar-refractivity contribution in [3.05, 3.63) is 59.1 Å². The number of rotatable bonds is 4. The minimum atomic E-state index is -0.362. The van der Waals surface area contributed by atoms with Crippen LogP contribution in [0.5, 0.6) is 5.75 Å². The molecule has 0 unspecified atom stereocenters. The van der Waals surface area contributed by atoms with Crippen molar-refractivity contribution in [1.29, 1.82) is 5.26 Å². The van der Waals surface area contributed by atoms with Crippen LogP contribution in [0.2, 0.25) is 5.15 Å². The molecule has 4 rings (SSSR count). The number of halogens is 1. The van der Waals surface area contributed by atoms with Crippen molar-refractivity contribution in [3.63, 3.8) is 0 Å². The number of nitriles is 1. The Hall–Kier alpha value is -3.90. The fraction of sp³-hybridized carbons (Fsp3) is 0.105. The number of nitrogens with zero attached hydrogens (tertiary/aromatic N) is 6. The second-order valence-corrected chi connectivity index (χ2v) is 6.66. The van der Waals surface area contributed by atoms with Crippen molar-refractivity contribution in [3.8, 4) is 23.1 Å². The number of aromatic nitrogens is 5. The third kappa shape index (κ3) is 3.26. The zero-order valence-electron chi connectivity index (χ0n) is 15.2. The van der Waals surface area contributed by atoms with Crippen LogP contribution >= 0.6 is 11.6 Å². The summed E-state index contributed by atoms with van der Waals surface area (Å²) in [7, 11) is 0. The van der Waals surface area contributed by atoms with Crippen LogP contribution in [0.3, 0.4) is 0 Å². The van der Waals surface area contributed by atoms with E-state index in [1.165, 1.54) is 17.0 Å². The molecule has 3 aromatic heterocycles. The first-order chi connectivity index (χ1) is 14.0. The highest BCUT2D eigenvalue weighted by Crippen LogP contribution is 2.35. The number of hydrogen-bond donors (Lipinski definition) is 3. The number of hydrogen-bond acceptors (Lipinski definition) is 8. The van der Waals surface area contributed by atoms with E-state index in [0.717, 1.165) is 5.56 Å². The number of nitrogens with one attached hydrogen (secondary N) is 1. The van der Waals surface area contributed by atoms with Gasteiger partial charge in [0.1, 0.15) is 41.0 Å². The van der Waals surface area contributed by atoms with Crippen molar-refractivity contribution in [2.45, 2.75) is 13.0 Å². The van der Waals surface area contributed by atoms with Crippen LogP contribution < -0.4 is 11.1 Å². The van der Waals surface area contributed by atoms with E-state index in [2.05, 4.69) is 25.4 Å². The summed E-state index contributed by atoms with van der Waals surface area (Å²) < 4.78 is 1.49. The molecule has 10 heteroatoms. The topological polar surface area (TPSA) is 138 Å². The third-order valence-electron chi connectivity index (χ3n) is 4.45. The number of anilines is 2. The van der Waals surface area contributed by atoms with Gasteiger partial charge in [-0.05, 0) is 25.1 Å². The normalized spacial score (nSPS) is 11.9. The number of imidazole rings is 1. The number of phenolic OH excluding ortho intramolecular Hbond substituents is 1. The van der Waals surface area contributed by atoms with Crippen LogP contribution in [-0.4, -0.2) is 29.7 Å². The monoisotopic (exact) mass is 406 g/mol. The first-order valence-electron chi connectivity index (χ1n) is 8.59. The van der Waals surface area contributed by atoms with Crippen LogP contribution in [0.25, 0.3) is 16.9 Å². The van der Waals surface area contributed by atoms with E-state index in [-0.39, 0.29) is 23.2 Å². The highest BCUT2D eigenvalue weighted by Gasteiger charge is 2.21. The highest BCUT2D eigenvalue weighted by molar-refractivity contribution is 6.29. The number of fused-ring (bicyclic) bond motifs is 1. The molecule has 0 aliphatic heterocycles. The van der Waals surface area contributed by atoms with Gasteiger partial charge < -0.3 is 16.2 Å². The smallest absolute Gasteiger partial charge is 0.155 e. The maximum Gasteiger partial charge on any atom is 0.155 e. The molecule has 3 heterocycles. The molecule has 29 heavy (non-hydrogen) atoms. The Morgan fingerprint density at radius 1 is 1.28 bits per heavy atom. The van der Waals surface area contributed by atoms with Crippen molar-refractivity contribution < 1.29 is 5.11 Å². The number of aromatic hydroxyl groups is 1. The lowest BCUT2D eigenvalue weighted by molar-refractivity contribution is 0.477. The van der Waals surface area contributed by atoms with E-state index in [1.54, 1.807) is 24.3 Å². The second-order valence-electron chi connectivity index (χ2n) is 6.28. The molecule has 0 amide bonds. The maximum absolute atomic E-state index is 10.4. The summed E-state index contributed by atoms with van der Waals surface area (Å²) in [6.45, 7) is 1.88. The minimum Gasteiger partial charge on any atom is -0.507 e. The van der Waals surface area contributed by atoms with E-state index in [4.69, 9.17) is 17.3 Å². The van der Waals surface area contributed by atoms with E-state index in [1.807, 2.05) is 19.1 Å². The van der Waals surface area contributed by atoms with E-state index < -0.39 is 0 Å². The van der Waals surface area contributed by atoms with Gasteiger partial charge in [0.15, 0.2) is 10.8 Å². The molecule has 0 fully saturated rings. The molecule has 0 saturated heterocycles. The van der Waals surface area contributed by atoms with Gasteiger partial charge in [-0.1, -0.05) is 23.7 Å². The predicted octanol–water partition coefficient (Wildman–Crippen LogP) is 3.17. The number of para-hydroxylation sites is 1. The van der Waals surface area contributed by atoms with E-state index in [9.17, 15) is 10.4 Å². The Morgan fingerprint density at radius 3 is 2.83 bits per heavy atom. The molecule has 1 aromatic carbocycles. The Morgan fingerprint density at radius 2 is 2.07 bits per heavy atom. The first kappa shape index (κ1) is 18.5. The summed E-state index contributed by atoms with van der Waals surface area (Å²) in [6, 6.07) is 10.3. The van der Waals surface area contributed by atoms with Crippen LogP contribution in [-0.2, 0) is 0 Å². The van der Waals surface area contributed by atoms with Gasteiger partial charge in [0, 0.05) is 11.1 Å². The van der Waals surface area contributed by atoms with Gasteiger partial charge >= 0.3 is 0 Å². The van der Waals surface area contributed by atoms with E-state index >= 15 is 0 Å². The molecular weight excluding hydrogens is 392 g/mol. The average molecular weight is 407 g/mol. The summed E-state index contributed by atoms with van der Waals surface area (Å²) in [4.78, 5) is 12.2. The molecule has 1 atom stereocenters. The Bertz CT molecular complexity index is 1260. The summed E-state index contributed by atoms with van der Waals surface area (Å²) in [5, 5.41) is 27.9. The van der Waals surface area contributed by atoms with Gasteiger partial charge in [-0.2, -0.15) is 10.4 Å². The fourth-order valence-electron chi connectivity index (χ4n) is 3.02. The van der Waals surface area contributed by atoms with Gasteiger partial charge in [0.2, 0.25) is 0 Å². The quantitative estimate of drug-likeness (QED) is 0.469. The lowest BCUT2D eigenvalue weighted by Gasteiger charge is -2.19. The molecule has 0 spiro atoms. The molecule has 0 saturated carbocycles. The molecule has 9 nitrogen and oxygen atoms in total. The van der Waals surface area contributed by atoms with Crippen molar-refractivity contribution in [1.82, 2.24) is 24.6 Å². The van der Waals surface area contributed by atoms with Gasteiger partial charge in [-0.3, -0.25) is 0 Å². The summed E-state index contributed by atoms with van der Waals surface area (Å²) in [5.41, 5.74) is 8.24. The molecule has 4 N–H and O–H groups in total. The van der Waals surface area contributed by atoms with Gasteiger partial charge in [0.25, 0.3) is 0 Å². The molecule has 4 aromatic rings. The Balaban J connectivity index is 1.87. The maximum atomic E-state index is 10.4. The average Bonchev–Trinajstić information content (AvgIpc) is 3.08. The zero-order valence-corrected chi connectivity index (χ0v) is 16.0. The van der Waals surface area contributed by atoms with Gasteiger partial charge in [-0.25, -0.2) is 19.5 Å². The molecular formula is C19H15ClN8O. The highest BCUT2D eigenvalue weighted by atomic mass is 35.5. The van der Waals surface area contributed by atoms with E-state index in [0.29, 0.717) is 27.9 Å². The molecule has 0 bridgehead atoms. The molecule has 0 aliphatic carbocycles. The van der Waals surface area contributed by atoms with Gasteiger partial charge in [0.05, 0.1) is 12.2 Å². The molecule has 144 valence electrons. The molecule has 0 aliphatic rings. The fourth-order valence-corrected chi connectivity index (χ4v) is 3.19. The number of nitrogens with two attached hydrogens (primary N) is 1. The second kappa shape index (κ2) is 7.26. The van der Waals surface area contributed by atoms with Crippen LogP contribution in [0.4, 0.5) is 11.6 Å². The predicted molar refractivity (Wildman–Crippen MR) is 108 cm³/mol. The summed E-state index contributed by atoms with van der Waals surface area (Å²) >= 11 is 6.18. The Labute approximate surface area is 170 Å². The number of benzene rings is 1. The van der Waals surface area contributed by atoms with Crippen molar-refractivity contribution in [2.75, 3.05) is 11.1 Å².